The van der Waals surface area contributed by atoms with Crippen molar-refractivity contribution in [3.05, 3.63) is 60.7 Å². The molecular weight excluding hydrogens is 446 g/mol. The molecule has 0 heterocycles. The molecule has 0 spiro atoms. The molecule has 0 aromatic heterocycles. The summed E-state index contributed by atoms with van der Waals surface area (Å²) >= 11 is 1.48. The Morgan fingerprint density at radius 2 is 1.53 bits per heavy atom. The predicted molar refractivity (Wildman–Crippen MR) is 118 cm³/mol. The first-order valence-electron chi connectivity index (χ1n) is 9.27. The molecule has 164 valence electrons. The molecule has 0 saturated carbocycles. The molecule has 30 heavy (non-hydrogen) atoms. The molecular formula is C20H25NO6S3. The lowest BCUT2D eigenvalue weighted by molar-refractivity contribution is -0.145. The molecule has 0 aliphatic rings. The second kappa shape index (κ2) is 11.5. The van der Waals surface area contributed by atoms with Crippen LogP contribution in [-0.4, -0.2) is 53.2 Å². The lowest BCUT2D eigenvalue weighted by Gasteiger charge is -2.17. The summed E-state index contributed by atoms with van der Waals surface area (Å²) in [5.74, 6) is -0.338. The number of nitrogens with one attached hydrogen (secondary N) is 1. The van der Waals surface area contributed by atoms with Gasteiger partial charge >= 0.3 is 5.97 Å². The summed E-state index contributed by atoms with van der Waals surface area (Å²) in [4.78, 5) is 12.7. The average molecular weight is 472 g/mol. The maximum absolute atomic E-state index is 12.5. The van der Waals surface area contributed by atoms with Gasteiger partial charge in [0.05, 0.1) is 22.2 Å². The number of thioether (sulfide) groups is 1. The molecule has 2 aromatic rings. The average Bonchev–Trinajstić information content (AvgIpc) is 2.75. The molecule has 0 amide bonds. The molecule has 0 aliphatic carbocycles. The second-order valence-corrected chi connectivity index (χ2v) is 11.2. The Balaban J connectivity index is 1.93. The van der Waals surface area contributed by atoms with Gasteiger partial charge in [-0.1, -0.05) is 36.4 Å². The van der Waals surface area contributed by atoms with Gasteiger partial charge in [-0.15, -0.1) is 0 Å². The van der Waals surface area contributed by atoms with E-state index < -0.39 is 31.9 Å². The Hall–Kier alpha value is -1.88. The molecule has 0 fully saturated rings. The van der Waals surface area contributed by atoms with Crippen LogP contribution in [0.25, 0.3) is 0 Å². The van der Waals surface area contributed by atoms with E-state index >= 15 is 0 Å². The van der Waals surface area contributed by atoms with Gasteiger partial charge in [0.2, 0.25) is 10.0 Å². The van der Waals surface area contributed by atoms with E-state index in [0.717, 1.165) is 0 Å². The molecule has 0 aliphatic heterocycles. The maximum atomic E-state index is 12.5. The largest absolute Gasteiger partial charge is 0.464 e. The molecule has 1 N–H and O–H groups in total. The van der Waals surface area contributed by atoms with Gasteiger partial charge in [-0.05, 0) is 49.1 Å². The van der Waals surface area contributed by atoms with Crippen molar-refractivity contribution in [2.45, 2.75) is 28.7 Å². The summed E-state index contributed by atoms with van der Waals surface area (Å²) in [6.07, 6.45) is 2.22. The molecule has 7 nitrogen and oxygen atoms in total. The third kappa shape index (κ3) is 7.42. The monoisotopic (exact) mass is 471 g/mol. The maximum Gasteiger partial charge on any atom is 0.324 e. The van der Waals surface area contributed by atoms with Crippen LogP contribution in [0.3, 0.4) is 0 Å². The molecule has 2 rings (SSSR count). The van der Waals surface area contributed by atoms with Crippen molar-refractivity contribution >= 4 is 37.6 Å². The lowest BCUT2D eigenvalue weighted by atomic mass is 10.2. The van der Waals surface area contributed by atoms with Gasteiger partial charge in [-0.25, -0.2) is 16.8 Å². The zero-order valence-electron chi connectivity index (χ0n) is 16.6. The van der Waals surface area contributed by atoms with E-state index in [9.17, 15) is 21.6 Å². The zero-order valence-corrected chi connectivity index (χ0v) is 19.0. The lowest BCUT2D eigenvalue weighted by Crippen LogP contribution is -2.42. The third-order valence-electron chi connectivity index (χ3n) is 4.15. The number of sulfonamides is 1. The number of benzene rings is 2. The van der Waals surface area contributed by atoms with E-state index in [-0.39, 0.29) is 35.0 Å². The molecule has 0 saturated heterocycles. The molecule has 1 unspecified atom stereocenters. The smallest absolute Gasteiger partial charge is 0.324 e. The predicted octanol–water partition coefficient (Wildman–Crippen LogP) is 2.49. The van der Waals surface area contributed by atoms with Gasteiger partial charge in [-0.2, -0.15) is 16.5 Å². The van der Waals surface area contributed by atoms with Crippen LogP contribution in [0, 0.1) is 0 Å². The van der Waals surface area contributed by atoms with Gasteiger partial charge in [0.15, 0.2) is 9.84 Å². The van der Waals surface area contributed by atoms with Crippen molar-refractivity contribution in [2.75, 3.05) is 24.4 Å². The molecule has 0 bridgehead atoms. The highest BCUT2D eigenvalue weighted by Gasteiger charge is 2.26. The van der Waals surface area contributed by atoms with Gasteiger partial charge in [0, 0.05) is 0 Å². The van der Waals surface area contributed by atoms with Crippen molar-refractivity contribution in [2.24, 2.45) is 0 Å². The van der Waals surface area contributed by atoms with Crippen LogP contribution in [0.15, 0.2) is 70.5 Å². The number of hydrogen-bond acceptors (Lipinski definition) is 7. The standard InChI is InChI=1S/C20H25NO6S3/c1-28-15-13-19(21-30(25,26)18-11-6-3-7-12-18)20(22)27-14-8-16-29(23,24)17-9-4-2-5-10-17/h2-7,9-12,19,21H,8,13-16H2,1H3. The quantitative estimate of drug-likeness (QED) is 0.374. The van der Waals surface area contributed by atoms with Crippen LogP contribution in [-0.2, 0) is 29.4 Å². The van der Waals surface area contributed by atoms with Gasteiger partial charge < -0.3 is 4.74 Å². The van der Waals surface area contributed by atoms with E-state index in [1.165, 1.54) is 36.0 Å². The summed E-state index contributed by atoms with van der Waals surface area (Å²) in [6, 6.07) is 14.7. The van der Waals surface area contributed by atoms with Crippen LogP contribution >= 0.6 is 11.8 Å². The number of esters is 1. The first-order chi connectivity index (χ1) is 14.3. The van der Waals surface area contributed by atoms with E-state index in [4.69, 9.17) is 4.74 Å². The Bertz CT molecular complexity index is 1010. The van der Waals surface area contributed by atoms with Crippen molar-refractivity contribution < 1.29 is 26.4 Å². The minimum Gasteiger partial charge on any atom is -0.464 e. The number of carbonyl (C=O) groups excluding carboxylic acids is 1. The number of carbonyl (C=O) groups is 1. The topological polar surface area (TPSA) is 107 Å². The summed E-state index contributed by atoms with van der Waals surface area (Å²) < 4.78 is 57.1. The molecule has 0 radical (unpaired) electrons. The fraction of sp³-hybridized carbons (Fsp3) is 0.350. The first-order valence-corrected chi connectivity index (χ1v) is 13.8. The summed E-state index contributed by atoms with van der Waals surface area (Å²) in [5, 5.41) is 0. The summed E-state index contributed by atoms with van der Waals surface area (Å²) in [5.41, 5.74) is 0. The highest BCUT2D eigenvalue weighted by atomic mass is 32.2. The van der Waals surface area contributed by atoms with Crippen LogP contribution in [0.5, 0.6) is 0 Å². The molecule has 1 atom stereocenters. The van der Waals surface area contributed by atoms with E-state index in [0.29, 0.717) is 5.75 Å². The van der Waals surface area contributed by atoms with Crippen molar-refractivity contribution in [1.29, 1.82) is 0 Å². The number of hydrogen-bond donors (Lipinski definition) is 1. The minimum atomic E-state index is -3.88. The van der Waals surface area contributed by atoms with Crippen LogP contribution < -0.4 is 4.72 Å². The first kappa shape index (κ1) is 24.4. The van der Waals surface area contributed by atoms with Gasteiger partial charge in [0.1, 0.15) is 6.04 Å². The highest BCUT2D eigenvalue weighted by molar-refractivity contribution is 7.98. The van der Waals surface area contributed by atoms with Crippen LogP contribution in [0.4, 0.5) is 0 Å². The van der Waals surface area contributed by atoms with Crippen molar-refractivity contribution in [3.8, 4) is 0 Å². The van der Waals surface area contributed by atoms with Gasteiger partial charge in [0.25, 0.3) is 0 Å². The zero-order chi connectivity index (χ0) is 22.0. The number of sulfone groups is 1. The third-order valence-corrected chi connectivity index (χ3v) is 8.10. The Morgan fingerprint density at radius 3 is 2.10 bits per heavy atom. The number of ether oxygens (including phenoxy) is 1. The Kier molecular flexibility index (Phi) is 9.35. The summed E-state index contributed by atoms with van der Waals surface area (Å²) in [6.45, 7) is -0.117. The normalized spacial score (nSPS) is 13.0. The van der Waals surface area contributed by atoms with E-state index in [2.05, 4.69) is 4.72 Å². The van der Waals surface area contributed by atoms with Crippen LogP contribution in [0.1, 0.15) is 12.8 Å². The van der Waals surface area contributed by atoms with Crippen molar-refractivity contribution in [1.82, 2.24) is 4.72 Å². The molecule has 10 heteroatoms. The highest BCUT2D eigenvalue weighted by Crippen LogP contribution is 2.13. The van der Waals surface area contributed by atoms with Crippen LogP contribution in [0.2, 0.25) is 0 Å². The fourth-order valence-electron chi connectivity index (χ4n) is 2.58. The van der Waals surface area contributed by atoms with Crippen molar-refractivity contribution in [3.63, 3.8) is 0 Å². The van der Waals surface area contributed by atoms with E-state index in [1.807, 2.05) is 6.26 Å². The summed E-state index contributed by atoms with van der Waals surface area (Å²) in [7, 11) is -7.34. The minimum absolute atomic E-state index is 0.0564. The fourth-order valence-corrected chi connectivity index (χ4v) is 5.60. The Labute approximate surface area is 182 Å². The second-order valence-electron chi connectivity index (χ2n) is 6.42. The molecule has 2 aromatic carbocycles. The Morgan fingerprint density at radius 1 is 0.967 bits per heavy atom. The number of rotatable bonds is 12. The SMILES string of the molecule is CSCCC(NS(=O)(=O)c1ccccc1)C(=O)OCCCS(=O)(=O)c1ccccc1. The van der Waals surface area contributed by atoms with Gasteiger partial charge in [-0.3, -0.25) is 4.79 Å². The van der Waals surface area contributed by atoms with E-state index in [1.54, 1.807) is 36.4 Å².